The lowest BCUT2D eigenvalue weighted by Crippen LogP contribution is -2.35. The van der Waals surface area contributed by atoms with E-state index in [1.54, 1.807) is 0 Å². The second-order valence-electron chi connectivity index (χ2n) is 1.30. The molecule has 0 aromatic rings. The van der Waals surface area contributed by atoms with Gasteiger partial charge in [0.25, 0.3) is 0 Å². The van der Waals surface area contributed by atoms with Crippen LogP contribution in [-0.4, -0.2) is 18.9 Å². The van der Waals surface area contributed by atoms with Gasteiger partial charge < -0.3 is 4.74 Å². The Labute approximate surface area is 40.3 Å². The Kier molecular flexibility index (Phi) is 0.817. The second kappa shape index (κ2) is 1.33. The highest BCUT2D eigenvalue weighted by atomic mass is 16.6. The number of carbonyl (C=O) groups is 1. The molecule has 1 atom stereocenters. The Balaban J connectivity index is 2.43. The van der Waals surface area contributed by atoms with Gasteiger partial charge in [-0.15, -0.1) is 0 Å². The molecule has 1 saturated heterocycles. The van der Waals surface area contributed by atoms with Crippen LogP contribution in [0.2, 0.25) is 0 Å². The van der Waals surface area contributed by atoms with Crippen LogP contribution in [0.1, 0.15) is 0 Å². The number of esters is 1. The van der Waals surface area contributed by atoms with E-state index in [0.717, 1.165) is 0 Å². The zero-order valence-electron chi connectivity index (χ0n) is 3.51. The summed E-state index contributed by atoms with van der Waals surface area (Å²) < 4.78 is 4.23. The Morgan fingerprint density at radius 1 is 1.86 bits per heavy atom. The van der Waals surface area contributed by atoms with Gasteiger partial charge in [0.05, 0.1) is 0 Å². The maximum atomic E-state index is 9.98. The summed E-state index contributed by atoms with van der Waals surface area (Å²) in [4.78, 5) is 19.5. The topological polar surface area (TPSA) is 43.4 Å². The fraction of sp³-hybridized carbons (Fsp3) is 0.500. The third-order valence-corrected chi connectivity index (χ3v) is 0.819. The Morgan fingerprint density at radius 3 is 2.57 bits per heavy atom. The van der Waals surface area contributed by atoms with Crippen LogP contribution in [0.25, 0.3) is 0 Å². The third kappa shape index (κ3) is 0.493. The molecule has 0 bridgehead atoms. The molecule has 0 saturated carbocycles. The van der Waals surface area contributed by atoms with E-state index in [9.17, 15) is 9.59 Å². The normalized spacial score (nSPS) is 28.0. The number of carbonyl (C=O) groups excluding carboxylic acids is 2. The molecule has 0 spiro atoms. The van der Waals surface area contributed by atoms with Gasteiger partial charge >= 0.3 is 5.97 Å². The predicted molar refractivity (Wildman–Crippen MR) is 20.1 cm³/mol. The predicted octanol–water partition coefficient (Wildman–Crippen LogP) is -0.731. The zero-order chi connectivity index (χ0) is 5.28. The molecule has 0 amide bonds. The SMILES string of the molecule is O=[C]C1COC1=O. The smallest absolute Gasteiger partial charge is 0.320 e. The molecule has 7 heavy (non-hydrogen) atoms. The molecular formula is C4H3O3. The average molecular weight is 99.1 g/mol. The van der Waals surface area contributed by atoms with Gasteiger partial charge in [-0.1, -0.05) is 0 Å². The molecule has 1 unspecified atom stereocenters. The van der Waals surface area contributed by atoms with Gasteiger partial charge in [0.2, 0.25) is 6.29 Å². The van der Waals surface area contributed by atoms with Crippen molar-refractivity contribution in [3.8, 4) is 0 Å². The van der Waals surface area contributed by atoms with Crippen LogP contribution < -0.4 is 0 Å². The van der Waals surface area contributed by atoms with Crippen LogP contribution in [0.3, 0.4) is 0 Å². The first kappa shape index (κ1) is 4.30. The van der Waals surface area contributed by atoms with E-state index >= 15 is 0 Å². The van der Waals surface area contributed by atoms with Crippen molar-refractivity contribution < 1.29 is 14.3 Å². The summed E-state index contributed by atoms with van der Waals surface area (Å²) in [6.45, 7) is 0.225. The van der Waals surface area contributed by atoms with E-state index in [1.165, 1.54) is 6.29 Å². The molecule has 0 aromatic heterocycles. The van der Waals surface area contributed by atoms with Crippen LogP contribution in [0, 0.1) is 5.92 Å². The first-order valence-electron chi connectivity index (χ1n) is 1.89. The molecule has 1 heterocycles. The monoisotopic (exact) mass is 99.0 g/mol. The maximum Gasteiger partial charge on any atom is 0.320 e. The van der Waals surface area contributed by atoms with E-state index in [-0.39, 0.29) is 6.61 Å². The molecule has 1 aliphatic heterocycles. The Hall–Kier alpha value is -0.860. The fourth-order valence-electron chi connectivity index (χ4n) is 0.317. The molecule has 1 aliphatic rings. The van der Waals surface area contributed by atoms with Crippen LogP contribution >= 0.6 is 0 Å². The minimum atomic E-state index is -0.583. The van der Waals surface area contributed by atoms with Gasteiger partial charge in [-0.2, -0.15) is 0 Å². The van der Waals surface area contributed by atoms with Crippen LogP contribution in [0.15, 0.2) is 0 Å². The van der Waals surface area contributed by atoms with Crippen LogP contribution in [-0.2, 0) is 14.3 Å². The highest BCUT2D eigenvalue weighted by molar-refractivity contribution is 5.92. The van der Waals surface area contributed by atoms with E-state index in [4.69, 9.17) is 0 Å². The lowest BCUT2D eigenvalue weighted by Gasteiger charge is -2.17. The number of cyclic esters (lactones) is 1. The zero-order valence-corrected chi connectivity index (χ0v) is 3.51. The van der Waals surface area contributed by atoms with Crippen molar-refractivity contribution in [2.24, 2.45) is 5.92 Å². The van der Waals surface area contributed by atoms with Gasteiger partial charge in [0.1, 0.15) is 6.61 Å². The average Bonchev–Trinajstić information content (AvgIpc) is 1.65. The first-order valence-corrected chi connectivity index (χ1v) is 1.89. The van der Waals surface area contributed by atoms with Crippen molar-refractivity contribution in [1.29, 1.82) is 0 Å². The summed E-state index contributed by atoms with van der Waals surface area (Å²) in [6.07, 6.45) is 1.53. The van der Waals surface area contributed by atoms with Crippen molar-refractivity contribution in [3.63, 3.8) is 0 Å². The highest BCUT2D eigenvalue weighted by Crippen LogP contribution is 2.07. The highest BCUT2D eigenvalue weighted by Gasteiger charge is 2.30. The summed E-state index contributed by atoms with van der Waals surface area (Å²) >= 11 is 0. The van der Waals surface area contributed by atoms with Crippen molar-refractivity contribution in [1.82, 2.24) is 0 Å². The fourth-order valence-corrected chi connectivity index (χ4v) is 0.317. The lowest BCUT2D eigenvalue weighted by molar-refractivity contribution is -0.162. The summed E-state index contributed by atoms with van der Waals surface area (Å²) in [7, 11) is 0. The van der Waals surface area contributed by atoms with Gasteiger partial charge in [0.15, 0.2) is 5.92 Å². The quantitative estimate of drug-likeness (QED) is 0.321. The molecule has 0 aliphatic carbocycles. The summed E-state index contributed by atoms with van der Waals surface area (Å²) in [5.74, 6) is -1.03. The molecule has 1 rings (SSSR count). The van der Waals surface area contributed by atoms with Gasteiger partial charge in [-0.3, -0.25) is 9.59 Å². The van der Waals surface area contributed by atoms with Gasteiger partial charge in [-0.05, 0) is 0 Å². The third-order valence-electron chi connectivity index (χ3n) is 0.819. The van der Waals surface area contributed by atoms with Crippen LogP contribution in [0.5, 0.6) is 0 Å². The summed E-state index contributed by atoms with van der Waals surface area (Å²) in [6, 6.07) is 0. The van der Waals surface area contributed by atoms with Gasteiger partial charge in [0, 0.05) is 0 Å². The van der Waals surface area contributed by atoms with E-state index < -0.39 is 11.9 Å². The number of hydrogen-bond donors (Lipinski definition) is 0. The molecular weight excluding hydrogens is 96.0 g/mol. The number of ether oxygens (including phenoxy) is 1. The van der Waals surface area contributed by atoms with E-state index in [2.05, 4.69) is 4.74 Å². The Bertz CT molecular complexity index is 108. The molecule has 0 N–H and O–H groups in total. The van der Waals surface area contributed by atoms with Crippen molar-refractivity contribution in [2.75, 3.05) is 6.61 Å². The van der Waals surface area contributed by atoms with E-state index in [0.29, 0.717) is 0 Å². The van der Waals surface area contributed by atoms with Crippen molar-refractivity contribution in [3.05, 3.63) is 0 Å². The first-order chi connectivity index (χ1) is 3.34. The summed E-state index contributed by atoms with van der Waals surface area (Å²) in [5.41, 5.74) is 0. The largest absolute Gasteiger partial charge is 0.464 e. The maximum absolute atomic E-state index is 9.98. The molecule has 1 fully saturated rings. The summed E-state index contributed by atoms with van der Waals surface area (Å²) in [5, 5.41) is 0. The molecule has 0 aromatic carbocycles. The Morgan fingerprint density at radius 2 is 2.57 bits per heavy atom. The number of hydrogen-bond acceptors (Lipinski definition) is 3. The van der Waals surface area contributed by atoms with Gasteiger partial charge in [-0.25, -0.2) is 0 Å². The minimum Gasteiger partial charge on any atom is -0.464 e. The van der Waals surface area contributed by atoms with E-state index in [1.807, 2.05) is 0 Å². The molecule has 3 nitrogen and oxygen atoms in total. The minimum absolute atomic E-state index is 0.225. The molecule has 37 valence electrons. The second-order valence-corrected chi connectivity index (χ2v) is 1.30. The lowest BCUT2D eigenvalue weighted by atomic mass is 10.1. The van der Waals surface area contributed by atoms with Crippen molar-refractivity contribution >= 4 is 12.3 Å². The number of rotatable bonds is 1. The standard InChI is InChI=1S/C4H3O3/c5-1-3-2-7-4(3)6/h3H,2H2. The van der Waals surface area contributed by atoms with Crippen LogP contribution in [0.4, 0.5) is 0 Å². The molecule has 3 heteroatoms. The van der Waals surface area contributed by atoms with Crippen molar-refractivity contribution in [2.45, 2.75) is 0 Å². The molecule has 1 radical (unpaired) electrons.